The highest BCUT2D eigenvalue weighted by atomic mass is 15.2. The van der Waals surface area contributed by atoms with Crippen LogP contribution < -0.4 is 5.32 Å². The number of rotatable bonds is 7. The number of fused-ring (bicyclic) bond motifs is 2. The van der Waals surface area contributed by atoms with Gasteiger partial charge in [0.05, 0.1) is 0 Å². The number of allylic oxidation sites excluding steroid dienone is 1. The first-order valence-corrected chi connectivity index (χ1v) is 7.44. The van der Waals surface area contributed by atoms with E-state index in [0.29, 0.717) is 0 Å². The summed E-state index contributed by atoms with van der Waals surface area (Å²) < 4.78 is 0. The van der Waals surface area contributed by atoms with Gasteiger partial charge in [0.2, 0.25) is 0 Å². The van der Waals surface area contributed by atoms with Gasteiger partial charge in [0, 0.05) is 18.1 Å². The van der Waals surface area contributed by atoms with Gasteiger partial charge in [0.1, 0.15) is 0 Å². The van der Waals surface area contributed by atoms with Gasteiger partial charge >= 0.3 is 0 Å². The summed E-state index contributed by atoms with van der Waals surface area (Å²) >= 11 is 0. The fourth-order valence-electron chi connectivity index (χ4n) is 3.53. The smallest absolute Gasteiger partial charge is 0.0125 e. The van der Waals surface area contributed by atoms with Gasteiger partial charge < -0.3 is 10.2 Å². The van der Waals surface area contributed by atoms with Crippen LogP contribution in [0, 0.1) is 0 Å². The molecular weight excluding hydrogens is 208 g/mol. The molecule has 2 bridgehead atoms. The quantitative estimate of drug-likeness (QED) is 0.540. The summed E-state index contributed by atoms with van der Waals surface area (Å²) in [5.41, 5.74) is 0. The van der Waals surface area contributed by atoms with Crippen LogP contribution in [-0.2, 0) is 0 Å². The molecule has 0 saturated carbocycles. The van der Waals surface area contributed by atoms with Crippen molar-refractivity contribution in [3.63, 3.8) is 0 Å². The highest BCUT2D eigenvalue weighted by Crippen LogP contribution is 2.29. The molecule has 0 radical (unpaired) electrons. The molecule has 2 heteroatoms. The number of piperidine rings is 1. The molecule has 2 nitrogen and oxygen atoms in total. The standard InChI is InChI=1S/C15H28N2/c1-3-5-6-10-17(9-4-2)15-11-13-7-8-14(12-15)16-13/h3,13-16H,1,4-12H2,2H3. The van der Waals surface area contributed by atoms with E-state index < -0.39 is 0 Å². The summed E-state index contributed by atoms with van der Waals surface area (Å²) in [5, 5.41) is 3.74. The van der Waals surface area contributed by atoms with E-state index in [1.807, 2.05) is 0 Å². The van der Waals surface area contributed by atoms with E-state index in [0.717, 1.165) is 24.5 Å². The van der Waals surface area contributed by atoms with Gasteiger partial charge in [-0.3, -0.25) is 0 Å². The molecule has 0 aliphatic carbocycles. The monoisotopic (exact) mass is 236 g/mol. The molecule has 2 fully saturated rings. The molecule has 2 aliphatic rings. The second-order valence-corrected chi connectivity index (χ2v) is 5.73. The summed E-state index contributed by atoms with van der Waals surface area (Å²) in [6.45, 7) is 8.67. The second kappa shape index (κ2) is 6.55. The Hall–Kier alpha value is -0.340. The lowest BCUT2D eigenvalue weighted by atomic mass is 9.97. The van der Waals surface area contributed by atoms with Crippen LogP contribution in [0.4, 0.5) is 0 Å². The third kappa shape index (κ3) is 3.56. The van der Waals surface area contributed by atoms with E-state index in [4.69, 9.17) is 0 Å². The molecule has 0 aromatic carbocycles. The Bertz CT molecular complexity index is 227. The Morgan fingerprint density at radius 3 is 2.53 bits per heavy atom. The van der Waals surface area contributed by atoms with Crippen molar-refractivity contribution in [1.29, 1.82) is 0 Å². The molecule has 17 heavy (non-hydrogen) atoms. The van der Waals surface area contributed by atoms with Crippen molar-refractivity contribution in [3.05, 3.63) is 12.7 Å². The van der Waals surface area contributed by atoms with Crippen molar-refractivity contribution in [2.75, 3.05) is 13.1 Å². The van der Waals surface area contributed by atoms with Crippen LogP contribution in [0.3, 0.4) is 0 Å². The first-order valence-electron chi connectivity index (χ1n) is 7.44. The van der Waals surface area contributed by atoms with E-state index in [1.54, 1.807) is 0 Å². The van der Waals surface area contributed by atoms with Gasteiger partial charge in [0.25, 0.3) is 0 Å². The first kappa shape index (κ1) is 13.1. The third-order valence-corrected chi connectivity index (χ3v) is 4.33. The fraction of sp³-hybridized carbons (Fsp3) is 0.867. The molecule has 0 spiro atoms. The Morgan fingerprint density at radius 2 is 1.94 bits per heavy atom. The van der Waals surface area contributed by atoms with Crippen LogP contribution in [0.25, 0.3) is 0 Å². The lowest BCUT2D eigenvalue weighted by Crippen LogP contribution is -2.48. The molecule has 98 valence electrons. The van der Waals surface area contributed by atoms with Crippen molar-refractivity contribution in [1.82, 2.24) is 10.2 Å². The van der Waals surface area contributed by atoms with E-state index in [2.05, 4.69) is 29.8 Å². The molecule has 2 saturated heterocycles. The largest absolute Gasteiger partial charge is 0.311 e. The van der Waals surface area contributed by atoms with Crippen molar-refractivity contribution in [3.8, 4) is 0 Å². The number of unbranched alkanes of at least 4 members (excludes halogenated alkanes) is 1. The normalized spacial score (nSPS) is 32.0. The molecule has 1 N–H and O–H groups in total. The van der Waals surface area contributed by atoms with Gasteiger partial charge in [-0.25, -0.2) is 0 Å². The molecular formula is C15H28N2. The lowest BCUT2D eigenvalue weighted by molar-refractivity contribution is 0.140. The molecule has 2 aliphatic heterocycles. The number of hydrogen-bond donors (Lipinski definition) is 1. The fourth-order valence-corrected chi connectivity index (χ4v) is 3.53. The van der Waals surface area contributed by atoms with Crippen molar-refractivity contribution < 1.29 is 0 Å². The molecule has 2 heterocycles. The third-order valence-electron chi connectivity index (χ3n) is 4.33. The maximum atomic E-state index is 3.82. The predicted molar refractivity (Wildman–Crippen MR) is 74.3 cm³/mol. The van der Waals surface area contributed by atoms with Crippen molar-refractivity contribution >= 4 is 0 Å². The summed E-state index contributed by atoms with van der Waals surface area (Å²) in [7, 11) is 0. The van der Waals surface area contributed by atoms with Gasteiger partial charge in [-0.15, -0.1) is 6.58 Å². The number of hydrogen-bond acceptors (Lipinski definition) is 2. The van der Waals surface area contributed by atoms with Gasteiger partial charge in [-0.2, -0.15) is 0 Å². The molecule has 0 aromatic heterocycles. The van der Waals surface area contributed by atoms with E-state index in [1.165, 1.54) is 51.6 Å². The van der Waals surface area contributed by atoms with E-state index in [-0.39, 0.29) is 0 Å². The summed E-state index contributed by atoms with van der Waals surface area (Å²) in [6.07, 6.45) is 11.4. The first-order chi connectivity index (χ1) is 8.33. The van der Waals surface area contributed by atoms with Crippen LogP contribution in [0.2, 0.25) is 0 Å². The zero-order chi connectivity index (χ0) is 12.1. The predicted octanol–water partition coefficient (Wildman–Crippen LogP) is 2.95. The molecule has 2 rings (SSSR count). The average Bonchev–Trinajstić information content (AvgIpc) is 2.67. The van der Waals surface area contributed by atoms with E-state index >= 15 is 0 Å². The lowest BCUT2D eigenvalue weighted by Gasteiger charge is -2.37. The van der Waals surface area contributed by atoms with Gasteiger partial charge in [0.15, 0.2) is 0 Å². The van der Waals surface area contributed by atoms with Gasteiger partial charge in [-0.1, -0.05) is 13.0 Å². The average molecular weight is 236 g/mol. The van der Waals surface area contributed by atoms with E-state index in [9.17, 15) is 0 Å². The van der Waals surface area contributed by atoms with Gasteiger partial charge in [-0.05, 0) is 58.0 Å². The molecule has 0 amide bonds. The molecule has 2 atom stereocenters. The Kier molecular flexibility index (Phi) is 5.05. The Labute approximate surface area is 106 Å². The number of nitrogens with one attached hydrogen (secondary N) is 1. The topological polar surface area (TPSA) is 15.3 Å². The summed E-state index contributed by atoms with van der Waals surface area (Å²) in [5.74, 6) is 0. The SMILES string of the molecule is C=CCCCN(CCC)C1CC2CCC(C1)N2. The maximum absolute atomic E-state index is 3.82. The Morgan fingerprint density at radius 1 is 1.24 bits per heavy atom. The summed E-state index contributed by atoms with van der Waals surface area (Å²) in [4.78, 5) is 2.75. The maximum Gasteiger partial charge on any atom is 0.0125 e. The zero-order valence-corrected chi connectivity index (χ0v) is 11.3. The minimum atomic E-state index is 0.817. The Balaban J connectivity index is 1.84. The van der Waals surface area contributed by atoms with Crippen LogP contribution in [0.15, 0.2) is 12.7 Å². The van der Waals surface area contributed by atoms with Crippen LogP contribution in [0.5, 0.6) is 0 Å². The van der Waals surface area contributed by atoms with Crippen LogP contribution in [0.1, 0.15) is 51.9 Å². The minimum absolute atomic E-state index is 0.817. The highest BCUT2D eigenvalue weighted by Gasteiger charge is 2.35. The molecule has 2 unspecified atom stereocenters. The molecule has 0 aromatic rings. The second-order valence-electron chi connectivity index (χ2n) is 5.73. The van der Waals surface area contributed by atoms with Crippen LogP contribution >= 0.6 is 0 Å². The zero-order valence-electron chi connectivity index (χ0n) is 11.3. The highest BCUT2D eigenvalue weighted by molar-refractivity contribution is 4.95. The summed E-state index contributed by atoms with van der Waals surface area (Å²) in [6, 6.07) is 2.48. The minimum Gasteiger partial charge on any atom is -0.311 e. The van der Waals surface area contributed by atoms with Crippen molar-refractivity contribution in [2.24, 2.45) is 0 Å². The van der Waals surface area contributed by atoms with Crippen molar-refractivity contribution in [2.45, 2.75) is 70.0 Å². The van der Waals surface area contributed by atoms with Crippen LogP contribution in [-0.4, -0.2) is 36.1 Å². The number of nitrogens with zero attached hydrogens (tertiary/aromatic N) is 1.